The molecule has 150 valence electrons. The Kier molecular flexibility index (Phi) is 8.58. The lowest BCUT2D eigenvalue weighted by Crippen LogP contribution is -2.49. The monoisotopic (exact) mass is 398 g/mol. The summed E-state index contributed by atoms with van der Waals surface area (Å²) in [6.45, 7) is 8.92. The molecule has 2 aromatic rings. The highest BCUT2D eigenvalue weighted by Crippen LogP contribution is 2.21. The average Bonchev–Trinajstić information content (AvgIpc) is 2.69. The van der Waals surface area contributed by atoms with E-state index in [1.165, 1.54) is 17.3 Å². The van der Waals surface area contributed by atoms with Gasteiger partial charge in [0.15, 0.2) is 0 Å². The molecule has 0 saturated heterocycles. The molecule has 0 aliphatic heterocycles. The van der Waals surface area contributed by atoms with Gasteiger partial charge in [0.05, 0.1) is 5.75 Å². The fourth-order valence-electron chi connectivity index (χ4n) is 3.05. The molecule has 0 spiro atoms. The summed E-state index contributed by atoms with van der Waals surface area (Å²) in [5, 5.41) is 2.87. The van der Waals surface area contributed by atoms with Gasteiger partial charge in [-0.2, -0.15) is 0 Å². The molecule has 0 aliphatic carbocycles. The van der Waals surface area contributed by atoms with Crippen LogP contribution in [-0.4, -0.2) is 35.1 Å². The molecule has 0 bridgehead atoms. The predicted octanol–water partition coefficient (Wildman–Crippen LogP) is 4.34. The van der Waals surface area contributed by atoms with Gasteiger partial charge in [-0.15, -0.1) is 11.8 Å². The molecule has 0 fully saturated rings. The Hall–Kier alpha value is -2.27. The standard InChI is InChI=1S/C23H30N2O2S/c1-5-21(23(27)24-6-2)25(15-19-10-8-7-9-18(19)4)22(26)16-28-20-13-11-17(3)12-14-20/h7-14,21H,5-6,15-16H2,1-4H3,(H,24,27)/t21-/m1/s1. The lowest BCUT2D eigenvalue weighted by atomic mass is 10.1. The SMILES string of the molecule is CCNC(=O)[C@@H](CC)N(Cc1ccccc1C)C(=O)CSc1ccc(C)cc1. The number of carbonyl (C=O) groups excluding carboxylic acids is 2. The number of rotatable bonds is 9. The Morgan fingerprint density at radius 1 is 1.04 bits per heavy atom. The molecular weight excluding hydrogens is 368 g/mol. The van der Waals surface area contributed by atoms with E-state index in [1.54, 1.807) is 4.90 Å². The van der Waals surface area contributed by atoms with Gasteiger partial charge < -0.3 is 10.2 Å². The van der Waals surface area contributed by atoms with Crippen LogP contribution in [0.5, 0.6) is 0 Å². The normalized spacial score (nSPS) is 11.7. The Balaban J connectivity index is 2.20. The molecule has 0 aliphatic rings. The maximum absolute atomic E-state index is 13.1. The molecule has 1 N–H and O–H groups in total. The van der Waals surface area contributed by atoms with E-state index in [0.29, 0.717) is 25.3 Å². The summed E-state index contributed by atoms with van der Waals surface area (Å²) in [6, 6.07) is 15.7. The lowest BCUT2D eigenvalue weighted by molar-refractivity contribution is -0.139. The summed E-state index contributed by atoms with van der Waals surface area (Å²) in [5.74, 6) is 0.199. The molecule has 0 unspecified atom stereocenters. The lowest BCUT2D eigenvalue weighted by Gasteiger charge is -2.31. The number of thioether (sulfide) groups is 1. The van der Waals surface area contributed by atoms with E-state index in [9.17, 15) is 9.59 Å². The smallest absolute Gasteiger partial charge is 0.242 e. The maximum atomic E-state index is 13.1. The number of hydrogen-bond donors (Lipinski definition) is 1. The third-order valence-corrected chi connectivity index (χ3v) is 5.72. The third-order valence-electron chi connectivity index (χ3n) is 4.72. The van der Waals surface area contributed by atoms with E-state index < -0.39 is 6.04 Å². The van der Waals surface area contributed by atoms with Gasteiger partial charge in [0, 0.05) is 18.0 Å². The molecule has 5 heteroatoms. The molecular formula is C23H30N2O2S. The van der Waals surface area contributed by atoms with Crippen molar-refractivity contribution in [3.8, 4) is 0 Å². The van der Waals surface area contributed by atoms with E-state index >= 15 is 0 Å². The molecule has 2 rings (SSSR count). The Labute approximate surface area is 172 Å². The van der Waals surface area contributed by atoms with Crippen molar-refractivity contribution >= 4 is 23.6 Å². The van der Waals surface area contributed by atoms with Crippen molar-refractivity contribution in [3.05, 3.63) is 65.2 Å². The fraction of sp³-hybridized carbons (Fsp3) is 0.391. The minimum Gasteiger partial charge on any atom is -0.355 e. The van der Waals surface area contributed by atoms with Gasteiger partial charge in [-0.1, -0.05) is 48.9 Å². The van der Waals surface area contributed by atoms with E-state index in [1.807, 2.05) is 76.2 Å². The highest BCUT2D eigenvalue weighted by atomic mass is 32.2. The number of nitrogens with zero attached hydrogens (tertiary/aromatic N) is 1. The first-order chi connectivity index (χ1) is 13.5. The Morgan fingerprint density at radius 3 is 2.32 bits per heavy atom. The maximum Gasteiger partial charge on any atom is 0.242 e. The minimum atomic E-state index is -0.467. The van der Waals surface area contributed by atoms with Gasteiger partial charge in [-0.05, 0) is 50.5 Å². The van der Waals surface area contributed by atoms with Crippen LogP contribution >= 0.6 is 11.8 Å². The number of carbonyl (C=O) groups is 2. The zero-order valence-corrected chi connectivity index (χ0v) is 18.0. The molecule has 4 nitrogen and oxygen atoms in total. The fourth-order valence-corrected chi connectivity index (χ4v) is 3.83. The van der Waals surface area contributed by atoms with Gasteiger partial charge in [-0.3, -0.25) is 9.59 Å². The number of benzene rings is 2. The van der Waals surface area contributed by atoms with Crippen molar-refractivity contribution in [2.24, 2.45) is 0 Å². The van der Waals surface area contributed by atoms with Crippen molar-refractivity contribution in [1.82, 2.24) is 10.2 Å². The first kappa shape index (κ1) is 22.0. The van der Waals surface area contributed by atoms with Crippen LogP contribution in [0.1, 0.15) is 37.0 Å². The molecule has 1 atom stereocenters. The van der Waals surface area contributed by atoms with Gasteiger partial charge in [0.25, 0.3) is 0 Å². The third kappa shape index (κ3) is 6.13. The molecule has 28 heavy (non-hydrogen) atoms. The summed E-state index contributed by atoms with van der Waals surface area (Å²) in [5.41, 5.74) is 3.38. The summed E-state index contributed by atoms with van der Waals surface area (Å²) in [4.78, 5) is 28.5. The highest BCUT2D eigenvalue weighted by Gasteiger charge is 2.28. The van der Waals surface area contributed by atoms with Crippen molar-refractivity contribution in [2.45, 2.75) is 51.6 Å². The van der Waals surface area contributed by atoms with Crippen molar-refractivity contribution < 1.29 is 9.59 Å². The van der Waals surface area contributed by atoms with Crippen LogP contribution in [0.2, 0.25) is 0 Å². The van der Waals surface area contributed by atoms with Crippen molar-refractivity contribution in [2.75, 3.05) is 12.3 Å². The summed E-state index contributed by atoms with van der Waals surface area (Å²) in [7, 11) is 0. The highest BCUT2D eigenvalue weighted by molar-refractivity contribution is 8.00. The van der Waals surface area contributed by atoms with Gasteiger partial charge >= 0.3 is 0 Å². The van der Waals surface area contributed by atoms with Crippen LogP contribution in [0.25, 0.3) is 0 Å². The summed E-state index contributed by atoms with van der Waals surface area (Å²) >= 11 is 1.51. The van der Waals surface area contributed by atoms with E-state index in [2.05, 4.69) is 5.32 Å². The Morgan fingerprint density at radius 2 is 1.71 bits per heavy atom. The number of nitrogens with one attached hydrogen (secondary N) is 1. The van der Waals surface area contributed by atoms with Crippen LogP contribution in [0.4, 0.5) is 0 Å². The topological polar surface area (TPSA) is 49.4 Å². The van der Waals surface area contributed by atoms with Crippen LogP contribution < -0.4 is 5.32 Å². The van der Waals surface area contributed by atoms with E-state index in [4.69, 9.17) is 0 Å². The molecule has 0 radical (unpaired) electrons. The van der Waals surface area contributed by atoms with Crippen molar-refractivity contribution in [1.29, 1.82) is 0 Å². The quantitative estimate of drug-likeness (QED) is 0.639. The number of aryl methyl sites for hydroxylation is 2. The molecule has 2 aromatic carbocycles. The largest absolute Gasteiger partial charge is 0.355 e. The zero-order chi connectivity index (χ0) is 20.5. The zero-order valence-electron chi connectivity index (χ0n) is 17.2. The van der Waals surface area contributed by atoms with Crippen LogP contribution in [-0.2, 0) is 16.1 Å². The van der Waals surface area contributed by atoms with Gasteiger partial charge in [0.2, 0.25) is 11.8 Å². The first-order valence-corrected chi connectivity index (χ1v) is 10.8. The second-order valence-corrected chi connectivity index (χ2v) is 7.92. The van der Waals surface area contributed by atoms with Crippen LogP contribution in [0, 0.1) is 13.8 Å². The average molecular weight is 399 g/mol. The number of amides is 2. The van der Waals surface area contributed by atoms with Crippen LogP contribution in [0.3, 0.4) is 0 Å². The molecule has 0 heterocycles. The molecule has 0 aromatic heterocycles. The summed E-state index contributed by atoms with van der Waals surface area (Å²) < 4.78 is 0. The Bertz CT molecular complexity index is 789. The second-order valence-electron chi connectivity index (χ2n) is 6.87. The van der Waals surface area contributed by atoms with E-state index in [-0.39, 0.29) is 11.8 Å². The predicted molar refractivity (Wildman–Crippen MR) is 116 cm³/mol. The minimum absolute atomic E-state index is 0.0214. The summed E-state index contributed by atoms with van der Waals surface area (Å²) in [6.07, 6.45) is 0.582. The number of likely N-dealkylation sites (N-methyl/N-ethyl adjacent to an activating group) is 1. The first-order valence-electron chi connectivity index (χ1n) is 9.77. The van der Waals surface area contributed by atoms with Gasteiger partial charge in [-0.25, -0.2) is 0 Å². The molecule has 0 saturated carbocycles. The van der Waals surface area contributed by atoms with E-state index in [0.717, 1.165) is 16.0 Å². The number of hydrogen-bond acceptors (Lipinski definition) is 3. The second kappa shape index (κ2) is 10.9. The molecule has 2 amide bonds. The van der Waals surface area contributed by atoms with Crippen LogP contribution in [0.15, 0.2) is 53.4 Å². The van der Waals surface area contributed by atoms with Gasteiger partial charge in [0.1, 0.15) is 6.04 Å². The van der Waals surface area contributed by atoms with Crippen molar-refractivity contribution in [3.63, 3.8) is 0 Å².